The molecule has 0 atom stereocenters. The average molecular weight is 551 g/mol. The number of ether oxygens (including phenoxy) is 1. The summed E-state index contributed by atoms with van der Waals surface area (Å²) >= 11 is 4.54. The monoisotopic (exact) mass is 550 g/mol. The van der Waals surface area contributed by atoms with E-state index in [1.54, 1.807) is 42.6 Å². The third-order valence-electron chi connectivity index (χ3n) is 5.06. The van der Waals surface area contributed by atoms with Crippen LogP contribution in [0.5, 0.6) is 0 Å². The largest absolute Gasteiger partial charge is 0.462 e. The number of hydrogen-bond acceptors (Lipinski definition) is 7. The number of hydrogen-bond donors (Lipinski definition) is 1. The van der Waals surface area contributed by atoms with Crippen molar-refractivity contribution in [3.8, 4) is 0 Å². The summed E-state index contributed by atoms with van der Waals surface area (Å²) in [4.78, 5) is 40.1. The molecule has 0 bridgehead atoms. The normalized spacial score (nSPS) is 10.9. The van der Waals surface area contributed by atoms with Gasteiger partial charge in [-0.05, 0) is 54.8 Å². The van der Waals surface area contributed by atoms with Gasteiger partial charge in [-0.2, -0.15) is 10.2 Å². The maximum absolute atomic E-state index is 13.0. The highest BCUT2D eigenvalue weighted by atomic mass is 79.9. The predicted molar refractivity (Wildman–Crippen MR) is 133 cm³/mol. The predicted octanol–water partition coefficient (Wildman–Crippen LogP) is 3.86. The van der Waals surface area contributed by atoms with Crippen LogP contribution in [0.25, 0.3) is 0 Å². The van der Waals surface area contributed by atoms with Crippen LogP contribution in [0.3, 0.4) is 0 Å². The van der Waals surface area contributed by atoms with E-state index >= 15 is 0 Å². The van der Waals surface area contributed by atoms with Crippen LogP contribution in [0, 0.1) is 20.8 Å². The maximum atomic E-state index is 13.0. The van der Waals surface area contributed by atoms with E-state index in [4.69, 9.17) is 4.74 Å². The highest BCUT2D eigenvalue weighted by Crippen LogP contribution is 2.34. The van der Waals surface area contributed by atoms with E-state index < -0.39 is 11.9 Å². The fourth-order valence-corrected chi connectivity index (χ4v) is 4.70. The molecule has 0 saturated carbocycles. The number of carbonyl (C=O) groups excluding carboxylic acids is 3. The van der Waals surface area contributed by atoms with Gasteiger partial charge in [-0.1, -0.05) is 6.92 Å². The van der Waals surface area contributed by atoms with E-state index in [2.05, 4.69) is 31.4 Å². The van der Waals surface area contributed by atoms with Crippen molar-refractivity contribution in [1.29, 1.82) is 0 Å². The molecular weight excluding hydrogens is 524 g/mol. The van der Waals surface area contributed by atoms with Crippen molar-refractivity contribution in [3.63, 3.8) is 0 Å². The number of carbonyl (C=O) groups is 3. The minimum absolute atomic E-state index is 0.167. The minimum Gasteiger partial charge on any atom is -0.462 e. The molecule has 0 spiro atoms. The summed E-state index contributed by atoms with van der Waals surface area (Å²) in [6.07, 6.45) is 2.33. The molecule has 0 unspecified atom stereocenters. The molecule has 0 aliphatic heterocycles. The van der Waals surface area contributed by atoms with Gasteiger partial charge >= 0.3 is 5.97 Å². The Balaban J connectivity index is 1.86. The quantitative estimate of drug-likeness (QED) is 0.426. The molecule has 0 saturated heterocycles. The van der Waals surface area contributed by atoms with Gasteiger partial charge < -0.3 is 15.0 Å². The molecule has 182 valence electrons. The van der Waals surface area contributed by atoms with E-state index in [1.165, 1.54) is 4.90 Å². The van der Waals surface area contributed by atoms with Crippen molar-refractivity contribution in [3.05, 3.63) is 49.8 Å². The molecule has 3 aromatic heterocycles. The Kier molecular flexibility index (Phi) is 7.93. The lowest BCUT2D eigenvalue weighted by Gasteiger charge is -2.09. The summed E-state index contributed by atoms with van der Waals surface area (Å²) in [6.45, 7) is 7.97. The Bertz CT molecular complexity index is 1240. The molecule has 3 aromatic rings. The number of rotatable bonds is 8. The van der Waals surface area contributed by atoms with Crippen LogP contribution in [0.1, 0.15) is 60.8 Å². The van der Waals surface area contributed by atoms with E-state index in [-0.39, 0.29) is 28.8 Å². The number of nitrogens with zero attached hydrogens (tertiary/aromatic N) is 5. The lowest BCUT2D eigenvalue weighted by molar-refractivity contribution is 0.0506. The molecule has 0 aromatic carbocycles. The number of esters is 1. The Morgan fingerprint density at radius 1 is 1.21 bits per heavy atom. The summed E-state index contributed by atoms with van der Waals surface area (Å²) in [5.41, 5.74) is 2.63. The Labute approximate surface area is 210 Å². The standard InChI is InChI=1S/C22H27BrN6O4S/c1-7-10-33-22(32)16-12(2)18(21(31)27(5)6)34-20(16)24-19(30)15-8-9-28(26-15)11-29-14(4)17(23)13(3)25-29/h8-9H,7,10-11H2,1-6H3,(H,24,30). The summed E-state index contributed by atoms with van der Waals surface area (Å²) in [6, 6.07) is 1.58. The lowest BCUT2D eigenvalue weighted by Crippen LogP contribution is -2.21. The Morgan fingerprint density at radius 2 is 1.91 bits per heavy atom. The van der Waals surface area contributed by atoms with Gasteiger partial charge in [0.05, 0.1) is 32.9 Å². The van der Waals surface area contributed by atoms with Crippen molar-refractivity contribution in [2.45, 2.75) is 40.8 Å². The first-order chi connectivity index (χ1) is 16.0. The van der Waals surface area contributed by atoms with Crippen LogP contribution in [0.4, 0.5) is 5.00 Å². The average Bonchev–Trinajstić information content (AvgIpc) is 3.45. The first kappa shape index (κ1) is 25.6. The number of anilines is 1. The molecular formula is C22H27BrN6O4S. The fraction of sp³-hybridized carbons (Fsp3) is 0.409. The molecule has 3 rings (SSSR count). The van der Waals surface area contributed by atoms with Crippen molar-refractivity contribution in [2.24, 2.45) is 0 Å². The van der Waals surface area contributed by atoms with E-state index in [0.717, 1.165) is 27.2 Å². The molecule has 0 radical (unpaired) electrons. The maximum Gasteiger partial charge on any atom is 0.341 e. The van der Waals surface area contributed by atoms with Gasteiger partial charge in [-0.3, -0.25) is 14.3 Å². The zero-order chi connectivity index (χ0) is 25.2. The third kappa shape index (κ3) is 5.22. The van der Waals surface area contributed by atoms with Gasteiger partial charge in [0.15, 0.2) is 5.69 Å². The van der Waals surface area contributed by atoms with Crippen LogP contribution in [0.15, 0.2) is 16.7 Å². The number of thiophene rings is 1. The molecule has 0 aliphatic rings. The molecule has 12 heteroatoms. The smallest absolute Gasteiger partial charge is 0.341 e. The van der Waals surface area contributed by atoms with Gasteiger partial charge in [0, 0.05) is 20.3 Å². The molecule has 0 aliphatic carbocycles. The second-order valence-corrected chi connectivity index (χ2v) is 9.73. The van der Waals surface area contributed by atoms with Crippen molar-refractivity contribution in [1.82, 2.24) is 24.5 Å². The molecule has 10 nitrogen and oxygen atoms in total. The van der Waals surface area contributed by atoms with Crippen molar-refractivity contribution >= 4 is 50.1 Å². The number of aromatic nitrogens is 4. The Hall–Kier alpha value is -2.99. The summed E-state index contributed by atoms with van der Waals surface area (Å²) in [5, 5.41) is 11.8. The zero-order valence-electron chi connectivity index (χ0n) is 19.9. The summed E-state index contributed by atoms with van der Waals surface area (Å²) in [5.74, 6) is -1.33. The number of aryl methyl sites for hydroxylation is 1. The minimum atomic E-state index is -0.579. The second-order valence-electron chi connectivity index (χ2n) is 7.92. The van der Waals surface area contributed by atoms with Crippen LogP contribution < -0.4 is 5.32 Å². The van der Waals surface area contributed by atoms with E-state index in [9.17, 15) is 14.4 Å². The highest BCUT2D eigenvalue weighted by molar-refractivity contribution is 9.10. The van der Waals surface area contributed by atoms with Gasteiger partial charge in [0.25, 0.3) is 11.8 Å². The third-order valence-corrected chi connectivity index (χ3v) is 7.40. The number of nitrogens with one attached hydrogen (secondary N) is 1. The zero-order valence-corrected chi connectivity index (χ0v) is 22.3. The van der Waals surface area contributed by atoms with Crippen LogP contribution in [-0.4, -0.2) is 62.9 Å². The van der Waals surface area contributed by atoms with Crippen LogP contribution in [-0.2, 0) is 11.4 Å². The van der Waals surface area contributed by atoms with Crippen LogP contribution in [0.2, 0.25) is 0 Å². The molecule has 34 heavy (non-hydrogen) atoms. The second kappa shape index (κ2) is 10.5. The Morgan fingerprint density at radius 3 is 2.50 bits per heavy atom. The molecule has 3 heterocycles. The van der Waals surface area contributed by atoms with Gasteiger partial charge in [-0.15, -0.1) is 11.3 Å². The first-order valence-corrected chi connectivity index (χ1v) is 12.2. The van der Waals surface area contributed by atoms with Gasteiger partial charge in [0.2, 0.25) is 0 Å². The molecule has 2 amide bonds. The fourth-order valence-electron chi connectivity index (χ4n) is 3.20. The molecule has 1 N–H and O–H groups in total. The SMILES string of the molecule is CCCOC(=O)c1c(NC(=O)c2ccn(Cn3nc(C)c(Br)c3C)n2)sc(C(=O)N(C)C)c1C. The van der Waals surface area contributed by atoms with Crippen molar-refractivity contribution < 1.29 is 19.1 Å². The van der Waals surface area contributed by atoms with E-state index in [1.807, 2.05) is 20.8 Å². The lowest BCUT2D eigenvalue weighted by atomic mass is 10.1. The van der Waals surface area contributed by atoms with Crippen molar-refractivity contribution in [2.75, 3.05) is 26.0 Å². The topological polar surface area (TPSA) is 111 Å². The number of amides is 2. The van der Waals surface area contributed by atoms with Gasteiger partial charge in [0.1, 0.15) is 11.7 Å². The molecule has 0 fully saturated rings. The summed E-state index contributed by atoms with van der Waals surface area (Å²) in [7, 11) is 3.26. The summed E-state index contributed by atoms with van der Waals surface area (Å²) < 4.78 is 9.59. The number of halogens is 1. The first-order valence-electron chi connectivity index (χ1n) is 10.6. The van der Waals surface area contributed by atoms with E-state index in [0.29, 0.717) is 23.5 Å². The van der Waals surface area contributed by atoms with Gasteiger partial charge in [-0.25, -0.2) is 9.48 Å². The van der Waals surface area contributed by atoms with Crippen LogP contribution >= 0.6 is 27.3 Å². The highest BCUT2D eigenvalue weighted by Gasteiger charge is 2.28.